The largest absolute Gasteiger partial charge is 0.458 e. The number of ether oxygens (including phenoxy) is 4. The second kappa shape index (κ2) is 14.5. The van der Waals surface area contributed by atoms with Gasteiger partial charge in [-0.05, 0) is 22.8 Å². The van der Waals surface area contributed by atoms with E-state index in [0.29, 0.717) is 11.1 Å². The highest BCUT2D eigenvalue weighted by atomic mass is 19.4. The Morgan fingerprint density at radius 2 is 1.84 bits per heavy atom. The van der Waals surface area contributed by atoms with Gasteiger partial charge in [-0.25, -0.2) is 4.79 Å². The van der Waals surface area contributed by atoms with Crippen molar-refractivity contribution in [3.8, 4) is 0 Å². The number of nitrogens with one attached hydrogen (secondary N) is 1. The number of likely N-dealkylation sites (N-methyl/N-ethyl adjacent to an activating group) is 1. The van der Waals surface area contributed by atoms with Gasteiger partial charge in [0.2, 0.25) is 11.8 Å². The number of fused-ring (bicyclic) bond motifs is 4. The highest BCUT2D eigenvalue weighted by Gasteiger charge is 2.75. The monoisotopic (exact) mass is 703 g/mol. The second-order valence-corrected chi connectivity index (χ2v) is 12.5. The Labute approximate surface area is 284 Å². The van der Waals surface area contributed by atoms with Gasteiger partial charge in [-0.2, -0.15) is 18.2 Å². The summed E-state index contributed by atoms with van der Waals surface area (Å²) in [6, 6.07) is 13.4. The number of aliphatic hydroxyl groups is 1. The van der Waals surface area contributed by atoms with Crippen molar-refractivity contribution in [1.29, 1.82) is 0 Å². The average molecular weight is 704 g/mol. The Hall–Kier alpha value is -4.35. The van der Waals surface area contributed by atoms with E-state index < -0.39 is 78.5 Å². The average Bonchev–Trinajstić information content (AvgIpc) is 3.72. The Morgan fingerprint density at radius 1 is 1.12 bits per heavy atom. The van der Waals surface area contributed by atoms with Crippen molar-refractivity contribution in [2.24, 2.45) is 5.41 Å². The summed E-state index contributed by atoms with van der Waals surface area (Å²) in [6.45, 7) is -2.31. The summed E-state index contributed by atoms with van der Waals surface area (Å²) in [4.78, 5) is 62.1. The molecule has 0 aromatic heterocycles. The van der Waals surface area contributed by atoms with Crippen molar-refractivity contribution in [3.05, 3.63) is 77.4 Å². The van der Waals surface area contributed by atoms with Gasteiger partial charge in [0.15, 0.2) is 12.6 Å². The normalized spacial score (nSPS) is 27.8. The van der Waals surface area contributed by atoms with Gasteiger partial charge in [0.1, 0.15) is 42.7 Å². The van der Waals surface area contributed by atoms with Crippen LogP contribution in [-0.2, 0) is 55.9 Å². The molecule has 13 nitrogen and oxygen atoms in total. The molecule has 6 rings (SSSR count). The van der Waals surface area contributed by atoms with Crippen LogP contribution in [0.2, 0.25) is 0 Å². The molecule has 50 heavy (non-hydrogen) atoms. The molecule has 2 amide bonds. The predicted molar refractivity (Wildman–Crippen MR) is 165 cm³/mol. The zero-order chi connectivity index (χ0) is 35.6. The molecule has 4 fully saturated rings. The van der Waals surface area contributed by atoms with Crippen LogP contribution in [0.1, 0.15) is 23.1 Å². The standard InChI is InChI=1S/C34H36F3N3O10/c1-39(23(30(43)38-13-14-41)15-20-7-3-2-4-8-20)32(45)33-16-24-26-27(48-19-47-26)29(33)50-40(28(33)31(44)49-24)17-22-10-6-5-9-21(22)11-12-25(42)46-18-34(35,36)37/h2-12,23-24,26-29,41H,13-19H2,1H3,(H,38,43)/t23-,24-,26+,27+,28+,29-,33+/m1/s1. The second-order valence-electron chi connectivity index (χ2n) is 12.5. The number of amides is 2. The third-order valence-electron chi connectivity index (χ3n) is 9.40. The van der Waals surface area contributed by atoms with Crippen LogP contribution in [-0.4, -0.2) is 115 Å². The number of halogens is 3. The molecule has 3 saturated heterocycles. The fourth-order valence-corrected chi connectivity index (χ4v) is 7.19. The number of esters is 2. The minimum atomic E-state index is -4.68. The molecular formula is C34H36F3N3O10. The highest BCUT2D eigenvalue weighted by molar-refractivity contribution is 5.96. The lowest BCUT2D eigenvalue weighted by Gasteiger charge is -2.50. The van der Waals surface area contributed by atoms with Crippen LogP contribution in [0.4, 0.5) is 13.2 Å². The van der Waals surface area contributed by atoms with Crippen LogP contribution in [0.25, 0.3) is 6.08 Å². The number of nitrogens with zero attached hydrogens (tertiary/aromatic N) is 2. The predicted octanol–water partition coefficient (Wildman–Crippen LogP) is 1.52. The Balaban J connectivity index is 1.32. The van der Waals surface area contributed by atoms with Crippen LogP contribution in [0.3, 0.4) is 0 Å². The zero-order valence-corrected chi connectivity index (χ0v) is 26.9. The molecule has 1 saturated carbocycles. The fraction of sp³-hybridized carbons (Fsp3) is 0.471. The number of hydroxylamine groups is 2. The molecule has 268 valence electrons. The first kappa shape index (κ1) is 35.5. The topological polar surface area (TPSA) is 153 Å². The molecular weight excluding hydrogens is 667 g/mol. The van der Waals surface area contributed by atoms with E-state index in [-0.39, 0.29) is 39.3 Å². The van der Waals surface area contributed by atoms with E-state index in [2.05, 4.69) is 10.1 Å². The fourth-order valence-electron chi connectivity index (χ4n) is 7.19. The van der Waals surface area contributed by atoms with Gasteiger partial charge in [-0.1, -0.05) is 54.6 Å². The van der Waals surface area contributed by atoms with Crippen LogP contribution in [0.5, 0.6) is 0 Å². The van der Waals surface area contributed by atoms with Crippen molar-refractivity contribution < 1.29 is 61.2 Å². The summed E-state index contributed by atoms with van der Waals surface area (Å²) in [5.41, 5.74) is 0.111. The summed E-state index contributed by atoms with van der Waals surface area (Å²) in [6.07, 6.45) is -5.76. The first-order chi connectivity index (χ1) is 23.9. The Morgan fingerprint density at radius 3 is 2.58 bits per heavy atom. The maximum Gasteiger partial charge on any atom is 0.422 e. The van der Waals surface area contributed by atoms with Crippen LogP contribution < -0.4 is 5.32 Å². The Bertz CT molecular complexity index is 1620. The Kier molecular flexibility index (Phi) is 10.3. The summed E-state index contributed by atoms with van der Waals surface area (Å²) >= 11 is 0. The van der Waals surface area contributed by atoms with Crippen molar-refractivity contribution in [3.63, 3.8) is 0 Å². The third-order valence-corrected chi connectivity index (χ3v) is 9.40. The smallest absolute Gasteiger partial charge is 0.422 e. The number of carbonyl (C=O) groups excluding carboxylic acids is 4. The molecule has 16 heteroatoms. The highest BCUT2D eigenvalue weighted by Crippen LogP contribution is 2.56. The van der Waals surface area contributed by atoms with Gasteiger partial charge >= 0.3 is 18.1 Å². The first-order valence-electron chi connectivity index (χ1n) is 16.0. The summed E-state index contributed by atoms with van der Waals surface area (Å²) < 4.78 is 59.3. The van der Waals surface area contributed by atoms with E-state index in [9.17, 15) is 37.5 Å². The lowest BCUT2D eigenvalue weighted by molar-refractivity contribution is -0.204. The number of rotatable bonds is 12. The van der Waals surface area contributed by atoms with E-state index in [1.54, 1.807) is 24.3 Å². The van der Waals surface area contributed by atoms with Crippen LogP contribution in [0, 0.1) is 5.41 Å². The lowest BCUT2D eigenvalue weighted by atomic mass is 9.62. The van der Waals surface area contributed by atoms with E-state index in [1.807, 2.05) is 30.3 Å². The summed E-state index contributed by atoms with van der Waals surface area (Å²) in [5, 5.41) is 13.3. The first-order valence-corrected chi connectivity index (χ1v) is 16.0. The summed E-state index contributed by atoms with van der Waals surface area (Å²) in [7, 11) is 1.48. The minimum absolute atomic E-state index is 0.0151. The van der Waals surface area contributed by atoms with Crippen molar-refractivity contribution in [2.75, 3.05) is 33.6 Å². The zero-order valence-electron chi connectivity index (χ0n) is 26.9. The molecule has 7 atom stereocenters. The number of benzene rings is 2. The molecule has 1 aliphatic carbocycles. The maximum absolute atomic E-state index is 15.0. The number of hydrogen-bond donors (Lipinski definition) is 2. The van der Waals surface area contributed by atoms with Gasteiger partial charge in [-0.15, -0.1) is 0 Å². The van der Waals surface area contributed by atoms with Crippen LogP contribution in [0.15, 0.2) is 60.7 Å². The SMILES string of the molecule is CN(C(=O)[C@@]12C[C@H]3OC(=O)[C@@H]1N(Cc1ccccc1C=CC(=O)OCC(F)(F)F)O[C@@H]2[C@H]1OCO[C@H]13)[C@H](Cc1ccccc1)C(=O)NCCO. The van der Waals surface area contributed by atoms with E-state index in [0.717, 1.165) is 11.6 Å². The van der Waals surface area contributed by atoms with E-state index >= 15 is 0 Å². The number of hydrogen-bond acceptors (Lipinski definition) is 11. The molecule has 0 spiro atoms. The van der Waals surface area contributed by atoms with Gasteiger partial charge < -0.3 is 34.3 Å². The number of carbonyl (C=O) groups is 4. The van der Waals surface area contributed by atoms with Gasteiger partial charge in [-0.3, -0.25) is 19.2 Å². The van der Waals surface area contributed by atoms with Crippen molar-refractivity contribution in [2.45, 2.75) is 62.1 Å². The summed E-state index contributed by atoms with van der Waals surface area (Å²) in [5.74, 6) is -3.00. The molecule has 2 N–H and O–H groups in total. The molecule has 2 aromatic rings. The number of aliphatic hydroxyl groups excluding tert-OH is 1. The molecule has 3 heterocycles. The lowest BCUT2D eigenvalue weighted by Crippen LogP contribution is -2.70. The van der Waals surface area contributed by atoms with Crippen molar-refractivity contribution in [1.82, 2.24) is 15.3 Å². The molecule has 0 radical (unpaired) electrons. The molecule has 0 unspecified atom stereocenters. The molecule has 2 bridgehead atoms. The van der Waals surface area contributed by atoms with Crippen molar-refractivity contribution >= 4 is 29.8 Å². The minimum Gasteiger partial charge on any atom is -0.458 e. The van der Waals surface area contributed by atoms with E-state index in [1.165, 1.54) is 23.1 Å². The van der Waals surface area contributed by atoms with Gasteiger partial charge in [0.05, 0.1) is 13.2 Å². The maximum atomic E-state index is 15.0. The van der Waals surface area contributed by atoms with Gasteiger partial charge in [0.25, 0.3) is 0 Å². The molecule has 2 aromatic carbocycles. The van der Waals surface area contributed by atoms with E-state index in [4.69, 9.17) is 19.0 Å². The molecule has 3 aliphatic heterocycles. The third kappa shape index (κ3) is 6.98. The van der Waals surface area contributed by atoms with Gasteiger partial charge in [0, 0.05) is 32.5 Å². The molecule has 4 aliphatic rings. The quantitative estimate of drug-likeness (QED) is 0.245. The van der Waals surface area contributed by atoms with Crippen LogP contribution >= 0.6 is 0 Å². The number of alkyl halides is 3.